The summed E-state index contributed by atoms with van der Waals surface area (Å²) in [5.74, 6) is -0.974. The Morgan fingerprint density at radius 3 is 2.45 bits per heavy atom. The lowest BCUT2D eigenvalue weighted by Crippen LogP contribution is -2.32. The number of amides is 3. The maximum Gasteiger partial charge on any atom is 0.261 e. The molecule has 1 aromatic heterocycles. The molecule has 0 unspecified atom stereocenters. The predicted octanol–water partition coefficient (Wildman–Crippen LogP) is 4.31. The van der Waals surface area contributed by atoms with Crippen molar-refractivity contribution in [1.82, 2.24) is 9.88 Å². The number of anilines is 1. The molecule has 6 nitrogen and oxygen atoms in total. The number of imide groups is 1. The van der Waals surface area contributed by atoms with Crippen LogP contribution < -0.4 is 5.32 Å². The van der Waals surface area contributed by atoms with Crippen LogP contribution in [0.1, 0.15) is 51.1 Å². The standard InChI is InChI=1S/C24H21N3O3S/c28-21(11-12-27-22(29)18-7-3-4-8-19(18)23(27)30)26-24-25-20(14-31-24)17-10-9-15-5-1-2-6-16(15)13-17/h3-4,7-10,13-14H,1-2,5-6,11-12H2,(H,25,26,28). The molecular weight excluding hydrogens is 410 g/mol. The molecule has 31 heavy (non-hydrogen) atoms. The summed E-state index contributed by atoms with van der Waals surface area (Å²) in [4.78, 5) is 42.9. The summed E-state index contributed by atoms with van der Waals surface area (Å²) in [5, 5.41) is 5.24. The molecule has 1 N–H and O–H groups in total. The SMILES string of the molecule is O=C(CCN1C(=O)c2ccccc2C1=O)Nc1nc(-c2ccc3c(c2)CCCC3)cs1. The smallest absolute Gasteiger partial charge is 0.261 e. The first-order valence-corrected chi connectivity index (χ1v) is 11.3. The Bertz CT molecular complexity index is 1170. The molecule has 0 saturated carbocycles. The fraction of sp³-hybridized carbons (Fsp3) is 0.250. The van der Waals surface area contributed by atoms with E-state index in [9.17, 15) is 14.4 Å². The Balaban J connectivity index is 1.21. The highest BCUT2D eigenvalue weighted by atomic mass is 32.1. The number of hydrogen-bond acceptors (Lipinski definition) is 5. The fourth-order valence-electron chi connectivity index (χ4n) is 4.19. The van der Waals surface area contributed by atoms with E-state index in [-0.39, 0.29) is 30.7 Å². The average molecular weight is 432 g/mol. The maximum atomic E-state index is 12.4. The molecule has 0 bridgehead atoms. The Kier molecular flexibility index (Phi) is 5.11. The van der Waals surface area contributed by atoms with Crippen molar-refractivity contribution < 1.29 is 14.4 Å². The zero-order chi connectivity index (χ0) is 21.4. The molecule has 2 heterocycles. The van der Waals surface area contributed by atoms with Crippen LogP contribution in [0.4, 0.5) is 5.13 Å². The number of thiazole rings is 1. The molecule has 3 aromatic rings. The van der Waals surface area contributed by atoms with Crippen LogP contribution in [0.5, 0.6) is 0 Å². The number of nitrogens with one attached hydrogen (secondary N) is 1. The quantitative estimate of drug-likeness (QED) is 0.611. The molecule has 0 fully saturated rings. The molecule has 0 spiro atoms. The van der Waals surface area contributed by atoms with Crippen LogP contribution >= 0.6 is 11.3 Å². The minimum absolute atomic E-state index is 0.0270. The van der Waals surface area contributed by atoms with E-state index >= 15 is 0 Å². The summed E-state index contributed by atoms with van der Waals surface area (Å²) in [6.45, 7) is 0.0429. The van der Waals surface area contributed by atoms with Crippen LogP contribution in [0, 0.1) is 0 Å². The minimum Gasteiger partial charge on any atom is -0.302 e. The van der Waals surface area contributed by atoms with Gasteiger partial charge in [-0.25, -0.2) is 4.98 Å². The molecule has 2 aromatic carbocycles. The molecule has 0 saturated heterocycles. The number of aromatic nitrogens is 1. The van der Waals surface area contributed by atoms with Crippen molar-refractivity contribution in [2.24, 2.45) is 0 Å². The molecule has 5 rings (SSSR count). The first-order valence-electron chi connectivity index (χ1n) is 10.4. The van der Waals surface area contributed by atoms with Crippen LogP contribution in [0.2, 0.25) is 0 Å². The number of carbonyl (C=O) groups is 3. The first kappa shape index (κ1) is 19.6. The number of aryl methyl sites for hydroxylation is 2. The third-order valence-corrected chi connectivity index (χ3v) is 6.59. The second-order valence-electron chi connectivity index (χ2n) is 7.83. The second kappa shape index (κ2) is 8.07. The molecule has 7 heteroatoms. The Morgan fingerprint density at radius 2 is 1.71 bits per heavy atom. The van der Waals surface area contributed by atoms with E-state index in [0.29, 0.717) is 16.3 Å². The van der Waals surface area contributed by atoms with Crippen molar-refractivity contribution in [3.8, 4) is 11.3 Å². The van der Waals surface area contributed by atoms with Gasteiger partial charge in [0.1, 0.15) is 0 Å². The maximum absolute atomic E-state index is 12.4. The lowest BCUT2D eigenvalue weighted by atomic mass is 9.90. The van der Waals surface area contributed by atoms with Gasteiger partial charge in [-0.15, -0.1) is 11.3 Å². The molecule has 156 valence electrons. The van der Waals surface area contributed by atoms with Gasteiger partial charge in [-0.05, 0) is 55.0 Å². The number of hydrogen-bond donors (Lipinski definition) is 1. The zero-order valence-corrected chi connectivity index (χ0v) is 17.7. The molecule has 1 aliphatic heterocycles. The van der Waals surface area contributed by atoms with Crippen molar-refractivity contribution in [3.05, 3.63) is 70.1 Å². The summed E-state index contributed by atoms with van der Waals surface area (Å²) < 4.78 is 0. The van der Waals surface area contributed by atoms with Gasteiger partial charge in [-0.1, -0.05) is 24.3 Å². The third-order valence-electron chi connectivity index (χ3n) is 5.84. The van der Waals surface area contributed by atoms with E-state index in [1.165, 1.54) is 35.3 Å². The second-order valence-corrected chi connectivity index (χ2v) is 8.69. The number of fused-ring (bicyclic) bond motifs is 2. The van der Waals surface area contributed by atoms with Crippen LogP contribution in [-0.2, 0) is 17.6 Å². The Labute approximate surface area is 183 Å². The minimum atomic E-state index is -0.350. The van der Waals surface area contributed by atoms with Crippen LogP contribution in [0.15, 0.2) is 47.8 Å². The summed E-state index contributed by atoms with van der Waals surface area (Å²) in [5.41, 5.74) is 5.50. The summed E-state index contributed by atoms with van der Waals surface area (Å²) in [7, 11) is 0. The van der Waals surface area contributed by atoms with E-state index < -0.39 is 0 Å². The molecule has 3 amide bonds. The van der Waals surface area contributed by atoms with Gasteiger partial charge in [-0.3, -0.25) is 19.3 Å². The van der Waals surface area contributed by atoms with Crippen molar-refractivity contribution >= 4 is 34.2 Å². The third kappa shape index (κ3) is 3.77. The fourth-order valence-corrected chi connectivity index (χ4v) is 4.93. The topological polar surface area (TPSA) is 79.4 Å². The van der Waals surface area contributed by atoms with Crippen LogP contribution in [-0.4, -0.2) is 34.2 Å². The van der Waals surface area contributed by atoms with Crippen LogP contribution in [0.25, 0.3) is 11.3 Å². The highest BCUT2D eigenvalue weighted by Gasteiger charge is 2.35. The van der Waals surface area contributed by atoms with Crippen molar-refractivity contribution in [2.45, 2.75) is 32.1 Å². The zero-order valence-electron chi connectivity index (χ0n) is 16.9. The Hall–Kier alpha value is -3.32. The van der Waals surface area contributed by atoms with Crippen molar-refractivity contribution in [3.63, 3.8) is 0 Å². The number of benzene rings is 2. The number of carbonyl (C=O) groups excluding carboxylic acids is 3. The first-order chi connectivity index (χ1) is 15.1. The number of rotatable bonds is 5. The van der Waals surface area contributed by atoms with Gasteiger partial charge in [0.05, 0.1) is 16.8 Å². The van der Waals surface area contributed by atoms with E-state index in [1.54, 1.807) is 24.3 Å². The molecule has 2 aliphatic rings. The van der Waals surface area contributed by atoms with Gasteiger partial charge in [0.15, 0.2) is 5.13 Å². The lowest BCUT2D eigenvalue weighted by molar-refractivity contribution is -0.116. The summed E-state index contributed by atoms with van der Waals surface area (Å²) in [6.07, 6.45) is 4.75. The highest BCUT2D eigenvalue weighted by Crippen LogP contribution is 2.30. The molecule has 1 aliphatic carbocycles. The van der Waals surface area contributed by atoms with Gasteiger partial charge in [0, 0.05) is 23.9 Å². The Morgan fingerprint density at radius 1 is 1.00 bits per heavy atom. The lowest BCUT2D eigenvalue weighted by Gasteiger charge is -2.16. The molecule has 0 atom stereocenters. The van der Waals surface area contributed by atoms with Crippen LogP contribution in [0.3, 0.4) is 0 Å². The van der Waals surface area contributed by atoms with E-state index in [4.69, 9.17) is 0 Å². The van der Waals surface area contributed by atoms with Gasteiger partial charge in [-0.2, -0.15) is 0 Å². The van der Waals surface area contributed by atoms with Gasteiger partial charge in [0.2, 0.25) is 5.91 Å². The molecular formula is C24H21N3O3S. The summed E-state index contributed by atoms with van der Waals surface area (Å²) >= 11 is 1.37. The normalized spacial score (nSPS) is 15.0. The van der Waals surface area contributed by atoms with E-state index in [0.717, 1.165) is 29.0 Å². The van der Waals surface area contributed by atoms with E-state index in [2.05, 4.69) is 28.5 Å². The van der Waals surface area contributed by atoms with Crippen molar-refractivity contribution in [2.75, 3.05) is 11.9 Å². The highest BCUT2D eigenvalue weighted by molar-refractivity contribution is 7.14. The molecule has 0 radical (unpaired) electrons. The number of nitrogens with zero attached hydrogens (tertiary/aromatic N) is 2. The average Bonchev–Trinajstić information content (AvgIpc) is 3.35. The largest absolute Gasteiger partial charge is 0.302 e. The van der Waals surface area contributed by atoms with Crippen molar-refractivity contribution in [1.29, 1.82) is 0 Å². The van der Waals surface area contributed by atoms with E-state index in [1.807, 2.05) is 5.38 Å². The van der Waals surface area contributed by atoms with Gasteiger partial charge in [0.25, 0.3) is 11.8 Å². The predicted molar refractivity (Wildman–Crippen MR) is 119 cm³/mol. The summed E-state index contributed by atoms with van der Waals surface area (Å²) in [6, 6.07) is 13.2. The van der Waals surface area contributed by atoms with Gasteiger partial charge < -0.3 is 5.32 Å². The van der Waals surface area contributed by atoms with Gasteiger partial charge >= 0.3 is 0 Å². The monoisotopic (exact) mass is 431 g/mol.